The Bertz CT molecular complexity index is 214. The van der Waals surface area contributed by atoms with E-state index < -0.39 is 0 Å². The summed E-state index contributed by atoms with van der Waals surface area (Å²) in [6.45, 7) is 5.81. The van der Waals surface area contributed by atoms with Gasteiger partial charge in [-0.05, 0) is 26.2 Å². The van der Waals surface area contributed by atoms with Crippen molar-refractivity contribution in [1.82, 2.24) is 0 Å². The van der Waals surface area contributed by atoms with Gasteiger partial charge in [0.15, 0.2) is 0 Å². The van der Waals surface area contributed by atoms with Gasteiger partial charge in [-0.25, -0.2) is 4.79 Å². The van der Waals surface area contributed by atoms with Gasteiger partial charge in [0.25, 0.3) is 0 Å². The van der Waals surface area contributed by atoms with Gasteiger partial charge in [0.05, 0.1) is 6.61 Å². The second-order valence-corrected chi connectivity index (χ2v) is 2.75. The Kier molecular flexibility index (Phi) is 8.86. The first-order chi connectivity index (χ1) is 6.81. The molecule has 0 aromatic rings. The van der Waals surface area contributed by atoms with Crippen molar-refractivity contribution in [3.8, 4) is 0 Å². The van der Waals surface area contributed by atoms with Crippen LogP contribution in [-0.4, -0.2) is 12.6 Å². The van der Waals surface area contributed by atoms with Crippen LogP contribution in [0.2, 0.25) is 0 Å². The topological polar surface area (TPSA) is 26.3 Å². The maximum Gasteiger partial charge on any atom is 0.330 e. The molecule has 0 atom stereocenters. The van der Waals surface area contributed by atoms with Crippen LogP contribution in [0.4, 0.5) is 0 Å². The lowest BCUT2D eigenvalue weighted by atomic mass is 10.2. The Morgan fingerprint density at radius 3 is 2.71 bits per heavy atom. The number of hydrogen-bond donors (Lipinski definition) is 0. The highest BCUT2D eigenvalue weighted by Gasteiger charge is 1.91. The number of rotatable bonds is 7. The number of allylic oxidation sites excluding steroid dienone is 4. The van der Waals surface area contributed by atoms with E-state index in [0.29, 0.717) is 6.61 Å². The number of hydrogen-bond acceptors (Lipinski definition) is 2. The van der Waals surface area contributed by atoms with Crippen LogP contribution in [0.5, 0.6) is 0 Å². The SMILES string of the molecule is C=C/C=C/CCCC=CC(=O)OCC. The summed E-state index contributed by atoms with van der Waals surface area (Å²) in [5.41, 5.74) is 0. The van der Waals surface area contributed by atoms with E-state index in [1.165, 1.54) is 6.08 Å². The zero-order valence-corrected chi connectivity index (χ0v) is 8.74. The predicted octanol–water partition coefficient (Wildman–Crippen LogP) is 3.02. The summed E-state index contributed by atoms with van der Waals surface area (Å²) < 4.78 is 4.73. The fourth-order valence-electron chi connectivity index (χ4n) is 0.916. The first kappa shape index (κ1) is 12.7. The van der Waals surface area contributed by atoms with Crippen LogP contribution in [0.15, 0.2) is 37.0 Å². The molecule has 0 saturated heterocycles. The normalized spacial score (nSPS) is 10.9. The Morgan fingerprint density at radius 2 is 2.07 bits per heavy atom. The van der Waals surface area contributed by atoms with Crippen molar-refractivity contribution in [2.75, 3.05) is 6.61 Å². The molecule has 0 bridgehead atoms. The van der Waals surface area contributed by atoms with Crippen molar-refractivity contribution in [3.63, 3.8) is 0 Å². The summed E-state index contributed by atoms with van der Waals surface area (Å²) in [5, 5.41) is 0. The zero-order valence-electron chi connectivity index (χ0n) is 8.74. The van der Waals surface area contributed by atoms with E-state index in [9.17, 15) is 4.79 Å². The van der Waals surface area contributed by atoms with Crippen LogP contribution in [0.25, 0.3) is 0 Å². The minimum absolute atomic E-state index is 0.255. The fraction of sp³-hybridized carbons (Fsp3) is 0.417. The highest BCUT2D eigenvalue weighted by molar-refractivity contribution is 5.81. The molecule has 0 heterocycles. The number of carbonyl (C=O) groups excluding carboxylic acids is 1. The third kappa shape index (κ3) is 8.78. The number of unbranched alkanes of at least 4 members (excludes halogenated alkanes) is 2. The van der Waals surface area contributed by atoms with Gasteiger partial charge in [0.2, 0.25) is 0 Å². The van der Waals surface area contributed by atoms with Gasteiger partial charge < -0.3 is 4.74 Å². The van der Waals surface area contributed by atoms with Crippen molar-refractivity contribution >= 4 is 5.97 Å². The summed E-state index contributed by atoms with van der Waals surface area (Å²) in [6, 6.07) is 0. The van der Waals surface area contributed by atoms with E-state index in [2.05, 4.69) is 12.7 Å². The maximum absolute atomic E-state index is 10.8. The predicted molar refractivity (Wildman–Crippen MR) is 59.0 cm³/mol. The molecule has 0 aliphatic heterocycles. The van der Waals surface area contributed by atoms with Gasteiger partial charge in [-0.1, -0.05) is 30.9 Å². The lowest BCUT2D eigenvalue weighted by molar-refractivity contribution is -0.137. The molecule has 14 heavy (non-hydrogen) atoms. The van der Waals surface area contributed by atoms with Crippen LogP contribution in [0, 0.1) is 0 Å². The first-order valence-electron chi connectivity index (χ1n) is 4.92. The molecule has 0 aliphatic rings. The van der Waals surface area contributed by atoms with E-state index in [1.807, 2.05) is 12.2 Å². The van der Waals surface area contributed by atoms with Crippen molar-refractivity contribution in [3.05, 3.63) is 37.0 Å². The number of ether oxygens (including phenoxy) is 1. The molecule has 2 nitrogen and oxygen atoms in total. The molecular formula is C12H18O2. The molecular weight excluding hydrogens is 176 g/mol. The van der Waals surface area contributed by atoms with Gasteiger partial charge in [-0.15, -0.1) is 0 Å². The smallest absolute Gasteiger partial charge is 0.330 e. The standard InChI is InChI=1S/C12H18O2/c1-3-5-6-7-8-9-10-11-12(13)14-4-2/h3,5-6,10-11H,1,4,7-9H2,2H3/b6-5+,11-10?. The molecule has 0 amide bonds. The summed E-state index contributed by atoms with van der Waals surface area (Å²) >= 11 is 0. The van der Waals surface area contributed by atoms with Gasteiger partial charge in [0.1, 0.15) is 0 Å². The van der Waals surface area contributed by atoms with Crippen molar-refractivity contribution in [1.29, 1.82) is 0 Å². The van der Waals surface area contributed by atoms with Crippen LogP contribution < -0.4 is 0 Å². The van der Waals surface area contributed by atoms with E-state index in [1.54, 1.807) is 13.0 Å². The highest BCUT2D eigenvalue weighted by atomic mass is 16.5. The van der Waals surface area contributed by atoms with E-state index >= 15 is 0 Å². The minimum atomic E-state index is -0.255. The number of carbonyl (C=O) groups is 1. The van der Waals surface area contributed by atoms with Crippen molar-refractivity contribution in [2.24, 2.45) is 0 Å². The Morgan fingerprint density at radius 1 is 1.36 bits per heavy atom. The second kappa shape index (κ2) is 9.78. The van der Waals surface area contributed by atoms with Gasteiger partial charge in [-0.3, -0.25) is 0 Å². The molecule has 0 unspecified atom stereocenters. The lowest BCUT2D eigenvalue weighted by Gasteiger charge is -1.94. The molecule has 0 aliphatic carbocycles. The second-order valence-electron chi connectivity index (χ2n) is 2.75. The minimum Gasteiger partial charge on any atom is -0.463 e. The molecule has 0 saturated carbocycles. The fourth-order valence-corrected chi connectivity index (χ4v) is 0.916. The molecule has 0 spiro atoms. The van der Waals surface area contributed by atoms with Crippen LogP contribution in [-0.2, 0) is 9.53 Å². The molecule has 0 aromatic carbocycles. The molecule has 0 N–H and O–H groups in total. The Labute approximate surface area is 86.0 Å². The van der Waals surface area contributed by atoms with Crippen molar-refractivity contribution in [2.45, 2.75) is 26.2 Å². The van der Waals surface area contributed by atoms with Crippen LogP contribution >= 0.6 is 0 Å². The third-order valence-corrected chi connectivity index (χ3v) is 1.55. The summed E-state index contributed by atoms with van der Waals surface area (Å²) in [4.78, 5) is 10.8. The number of esters is 1. The Balaban J connectivity index is 3.39. The largest absolute Gasteiger partial charge is 0.463 e. The molecule has 0 fully saturated rings. The molecule has 0 radical (unpaired) electrons. The van der Waals surface area contributed by atoms with Gasteiger partial charge in [0, 0.05) is 6.08 Å². The Hall–Kier alpha value is -1.31. The monoisotopic (exact) mass is 194 g/mol. The van der Waals surface area contributed by atoms with Crippen molar-refractivity contribution < 1.29 is 9.53 Å². The summed E-state index contributed by atoms with van der Waals surface area (Å²) in [5.74, 6) is -0.255. The molecule has 0 aromatic heterocycles. The van der Waals surface area contributed by atoms with Gasteiger partial charge in [-0.2, -0.15) is 0 Å². The van der Waals surface area contributed by atoms with Crippen LogP contribution in [0.1, 0.15) is 26.2 Å². The summed E-state index contributed by atoms with van der Waals surface area (Å²) in [6.07, 6.45) is 12.0. The third-order valence-electron chi connectivity index (χ3n) is 1.55. The lowest BCUT2D eigenvalue weighted by Crippen LogP contribution is -1.98. The molecule has 2 heteroatoms. The molecule has 0 rings (SSSR count). The van der Waals surface area contributed by atoms with Gasteiger partial charge >= 0.3 is 5.97 Å². The summed E-state index contributed by atoms with van der Waals surface area (Å²) in [7, 11) is 0. The van der Waals surface area contributed by atoms with E-state index in [4.69, 9.17) is 4.74 Å². The average molecular weight is 194 g/mol. The average Bonchev–Trinajstić information content (AvgIpc) is 2.17. The van der Waals surface area contributed by atoms with Crippen LogP contribution in [0.3, 0.4) is 0 Å². The highest BCUT2D eigenvalue weighted by Crippen LogP contribution is 1.98. The first-order valence-corrected chi connectivity index (χ1v) is 4.92. The maximum atomic E-state index is 10.8. The zero-order chi connectivity index (χ0) is 10.6. The quantitative estimate of drug-likeness (QED) is 0.269. The van der Waals surface area contributed by atoms with E-state index in [0.717, 1.165) is 19.3 Å². The molecule has 78 valence electrons. The van der Waals surface area contributed by atoms with E-state index in [-0.39, 0.29) is 5.97 Å².